The van der Waals surface area contributed by atoms with Crippen LogP contribution in [0.2, 0.25) is 0 Å². The number of ether oxygens (including phenoxy) is 1. The van der Waals surface area contributed by atoms with E-state index in [4.69, 9.17) is 4.74 Å². The number of imide groups is 1. The van der Waals surface area contributed by atoms with Crippen molar-refractivity contribution in [1.29, 1.82) is 0 Å². The molecular formula is C19H14F3NO3S. The fraction of sp³-hybridized carbons (Fsp3) is 0.158. The van der Waals surface area contributed by atoms with Crippen LogP contribution in [0.1, 0.15) is 17.0 Å². The van der Waals surface area contributed by atoms with Gasteiger partial charge < -0.3 is 4.74 Å². The Morgan fingerprint density at radius 2 is 1.74 bits per heavy atom. The van der Waals surface area contributed by atoms with Gasteiger partial charge in [0.15, 0.2) is 0 Å². The number of hydrogen-bond acceptors (Lipinski definition) is 4. The molecule has 1 aliphatic carbocycles. The Morgan fingerprint density at radius 1 is 1.07 bits per heavy atom. The predicted octanol–water partition coefficient (Wildman–Crippen LogP) is 5.21. The molecule has 0 heterocycles. The van der Waals surface area contributed by atoms with Crippen LogP contribution < -0.4 is 4.90 Å². The van der Waals surface area contributed by atoms with Crippen LogP contribution in [0.15, 0.2) is 59.5 Å². The fourth-order valence-electron chi connectivity index (χ4n) is 2.81. The van der Waals surface area contributed by atoms with Crippen molar-refractivity contribution in [2.75, 3.05) is 12.0 Å². The van der Waals surface area contributed by atoms with Crippen LogP contribution >= 0.6 is 11.8 Å². The maximum Gasteiger partial charge on any atom is 0.446 e. The first-order valence-electron chi connectivity index (χ1n) is 7.85. The highest BCUT2D eigenvalue weighted by atomic mass is 32.2. The van der Waals surface area contributed by atoms with Gasteiger partial charge in [0.25, 0.3) is 0 Å². The molecule has 0 aliphatic heterocycles. The van der Waals surface area contributed by atoms with Crippen molar-refractivity contribution < 1.29 is 27.5 Å². The van der Waals surface area contributed by atoms with Crippen molar-refractivity contribution in [2.45, 2.75) is 16.3 Å². The SMILES string of the molecule is COC(=O)N(C(=O)C1C=Cc2ccccc21)c1ccc(SC(F)(F)F)cc1. The van der Waals surface area contributed by atoms with Crippen LogP contribution in [0.4, 0.5) is 23.7 Å². The minimum Gasteiger partial charge on any atom is -0.452 e. The highest BCUT2D eigenvalue weighted by molar-refractivity contribution is 8.00. The molecule has 8 heteroatoms. The number of fused-ring (bicyclic) bond motifs is 1. The Balaban J connectivity index is 1.90. The molecule has 2 aromatic carbocycles. The van der Waals surface area contributed by atoms with E-state index < -0.39 is 23.4 Å². The summed E-state index contributed by atoms with van der Waals surface area (Å²) in [5.74, 6) is -1.22. The minimum atomic E-state index is -4.42. The van der Waals surface area contributed by atoms with Gasteiger partial charge in [-0.15, -0.1) is 0 Å². The second kappa shape index (κ2) is 7.48. The molecule has 0 saturated carbocycles. The number of nitrogens with zero attached hydrogens (tertiary/aromatic N) is 1. The third-order valence-electron chi connectivity index (χ3n) is 3.97. The van der Waals surface area contributed by atoms with Crippen molar-refractivity contribution in [3.05, 3.63) is 65.7 Å². The van der Waals surface area contributed by atoms with Crippen molar-refractivity contribution in [3.63, 3.8) is 0 Å². The van der Waals surface area contributed by atoms with Crippen molar-refractivity contribution in [3.8, 4) is 0 Å². The maximum atomic E-state index is 13.0. The minimum absolute atomic E-state index is 0.0466. The van der Waals surface area contributed by atoms with Gasteiger partial charge in [-0.3, -0.25) is 4.79 Å². The van der Waals surface area contributed by atoms with Crippen LogP contribution in [0, 0.1) is 0 Å². The van der Waals surface area contributed by atoms with Crippen LogP contribution in [0.5, 0.6) is 0 Å². The van der Waals surface area contributed by atoms with Gasteiger partial charge >= 0.3 is 11.6 Å². The van der Waals surface area contributed by atoms with E-state index in [9.17, 15) is 22.8 Å². The number of alkyl halides is 3. The van der Waals surface area contributed by atoms with Gasteiger partial charge in [0, 0.05) is 4.90 Å². The number of amides is 2. The van der Waals surface area contributed by atoms with Gasteiger partial charge in [0.1, 0.15) is 0 Å². The zero-order chi connectivity index (χ0) is 19.6. The number of thioether (sulfide) groups is 1. The van der Waals surface area contributed by atoms with Gasteiger partial charge in [0.05, 0.1) is 18.7 Å². The molecule has 1 aliphatic rings. The highest BCUT2D eigenvalue weighted by Gasteiger charge is 2.34. The number of halogens is 3. The third-order valence-corrected chi connectivity index (χ3v) is 4.71. The first kappa shape index (κ1) is 19.0. The molecule has 0 saturated heterocycles. The molecule has 3 rings (SSSR count). The summed E-state index contributed by atoms with van der Waals surface area (Å²) in [4.78, 5) is 26.0. The lowest BCUT2D eigenvalue weighted by Crippen LogP contribution is -2.39. The van der Waals surface area contributed by atoms with Crippen LogP contribution in [0.3, 0.4) is 0 Å². The molecule has 0 fully saturated rings. The lowest BCUT2D eigenvalue weighted by Gasteiger charge is -2.23. The molecule has 0 bridgehead atoms. The molecule has 0 aromatic heterocycles. The van der Waals surface area contributed by atoms with E-state index in [0.717, 1.165) is 23.1 Å². The average molecular weight is 393 g/mol. The molecule has 27 heavy (non-hydrogen) atoms. The zero-order valence-electron chi connectivity index (χ0n) is 14.1. The summed E-state index contributed by atoms with van der Waals surface area (Å²) < 4.78 is 42.1. The smallest absolute Gasteiger partial charge is 0.446 e. The molecule has 0 N–H and O–H groups in total. The third kappa shape index (κ3) is 4.16. The highest BCUT2D eigenvalue weighted by Crippen LogP contribution is 2.38. The summed E-state index contributed by atoms with van der Waals surface area (Å²) in [6.07, 6.45) is 2.56. The van der Waals surface area contributed by atoms with E-state index in [1.807, 2.05) is 12.1 Å². The number of anilines is 1. The van der Waals surface area contributed by atoms with E-state index in [1.54, 1.807) is 24.3 Å². The Hall–Kier alpha value is -2.74. The van der Waals surface area contributed by atoms with Gasteiger partial charge in [-0.2, -0.15) is 13.2 Å². The van der Waals surface area contributed by atoms with Gasteiger partial charge in [-0.25, -0.2) is 9.69 Å². The Morgan fingerprint density at radius 3 is 2.37 bits per heavy atom. The predicted molar refractivity (Wildman–Crippen MR) is 96.5 cm³/mol. The van der Waals surface area contributed by atoms with Gasteiger partial charge in [-0.05, 0) is 47.2 Å². The summed E-state index contributed by atoms with van der Waals surface area (Å²) in [6, 6.07) is 12.2. The largest absolute Gasteiger partial charge is 0.452 e. The average Bonchev–Trinajstić information content (AvgIpc) is 3.06. The number of methoxy groups -OCH3 is 1. The first-order valence-corrected chi connectivity index (χ1v) is 8.66. The summed E-state index contributed by atoms with van der Waals surface area (Å²) >= 11 is -0.271. The van der Waals surface area contributed by atoms with E-state index in [2.05, 4.69) is 0 Å². The molecular weight excluding hydrogens is 379 g/mol. The molecule has 0 spiro atoms. The topological polar surface area (TPSA) is 46.6 Å². The molecule has 140 valence electrons. The van der Waals surface area contributed by atoms with E-state index in [0.29, 0.717) is 0 Å². The van der Waals surface area contributed by atoms with Crippen LogP contribution in [-0.2, 0) is 9.53 Å². The number of benzene rings is 2. The molecule has 2 aromatic rings. The number of rotatable bonds is 3. The number of carbonyl (C=O) groups is 2. The summed E-state index contributed by atoms with van der Waals surface area (Å²) in [5, 5.41) is 0. The van der Waals surface area contributed by atoms with Crippen molar-refractivity contribution >= 4 is 35.5 Å². The molecule has 1 atom stereocenters. The summed E-state index contributed by atoms with van der Waals surface area (Å²) in [5.41, 5.74) is -2.66. The first-order chi connectivity index (χ1) is 12.8. The van der Waals surface area contributed by atoms with Gasteiger partial charge in [-0.1, -0.05) is 36.4 Å². The Kier molecular flexibility index (Phi) is 5.27. The monoisotopic (exact) mass is 393 g/mol. The van der Waals surface area contributed by atoms with Crippen molar-refractivity contribution in [1.82, 2.24) is 0 Å². The Bertz CT molecular complexity index is 894. The summed E-state index contributed by atoms with van der Waals surface area (Å²) in [7, 11) is 1.13. The normalized spacial score (nSPS) is 15.3. The molecule has 1 unspecified atom stereocenters. The number of carbonyl (C=O) groups excluding carboxylic acids is 2. The Labute approximate surface area is 157 Å². The van der Waals surface area contributed by atoms with Crippen molar-refractivity contribution in [2.24, 2.45) is 0 Å². The van der Waals surface area contributed by atoms with Crippen LogP contribution in [-0.4, -0.2) is 24.6 Å². The zero-order valence-corrected chi connectivity index (χ0v) is 14.9. The fourth-order valence-corrected chi connectivity index (χ4v) is 3.35. The second-order valence-electron chi connectivity index (χ2n) is 5.65. The van der Waals surface area contributed by atoms with Gasteiger partial charge in [0.2, 0.25) is 5.91 Å². The quantitative estimate of drug-likeness (QED) is 0.672. The summed E-state index contributed by atoms with van der Waals surface area (Å²) in [6.45, 7) is 0. The molecule has 4 nitrogen and oxygen atoms in total. The van der Waals surface area contributed by atoms with E-state index in [-0.39, 0.29) is 22.3 Å². The lowest BCUT2D eigenvalue weighted by atomic mass is 9.99. The molecule has 2 amide bonds. The van der Waals surface area contributed by atoms with Crippen LogP contribution in [0.25, 0.3) is 6.08 Å². The van der Waals surface area contributed by atoms with E-state index in [1.165, 1.54) is 24.3 Å². The lowest BCUT2D eigenvalue weighted by molar-refractivity contribution is -0.118. The maximum absolute atomic E-state index is 13.0. The molecule has 0 radical (unpaired) electrons. The number of hydrogen-bond donors (Lipinski definition) is 0. The standard InChI is InChI=1S/C19H14F3NO3S/c1-26-18(25)23(13-7-9-14(10-8-13)27-19(20,21)22)17(24)16-11-6-12-4-2-3-5-15(12)16/h2-11,16H,1H3. The van der Waals surface area contributed by atoms with E-state index >= 15 is 0 Å². The second-order valence-corrected chi connectivity index (χ2v) is 6.79.